The fourth-order valence-corrected chi connectivity index (χ4v) is 3.74. The molecule has 4 N–H and O–H groups in total. The summed E-state index contributed by atoms with van der Waals surface area (Å²) in [7, 11) is 3.28. The molecule has 1 amide bonds. The van der Waals surface area contributed by atoms with E-state index in [4.69, 9.17) is 19.4 Å². The molecule has 1 saturated heterocycles. The van der Waals surface area contributed by atoms with E-state index in [1.165, 1.54) is 0 Å². The molecule has 0 spiro atoms. The highest BCUT2D eigenvalue weighted by molar-refractivity contribution is 6.00. The number of aliphatic carboxylic acids is 1. The molecule has 4 rings (SSSR count). The van der Waals surface area contributed by atoms with Gasteiger partial charge < -0.3 is 35.4 Å². The van der Waals surface area contributed by atoms with Crippen molar-refractivity contribution >= 4 is 40.4 Å². The third kappa shape index (κ3) is 7.99. The second-order valence-corrected chi connectivity index (χ2v) is 8.55. The second kappa shape index (κ2) is 13.5. The van der Waals surface area contributed by atoms with Crippen molar-refractivity contribution in [2.24, 2.45) is 0 Å². The smallest absolute Gasteiger partial charge is 0.490 e. The number of carbonyl (C=O) groups is 2. The fraction of sp³-hybridized carbons (Fsp3) is 0.296. The highest BCUT2D eigenvalue weighted by Gasteiger charge is 2.38. The number of rotatable bonds is 7. The maximum absolute atomic E-state index is 12.2. The molecule has 2 aromatic carbocycles. The first-order valence-corrected chi connectivity index (χ1v) is 12.2. The predicted octanol–water partition coefficient (Wildman–Crippen LogP) is 4.72. The summed E-state index contributed by atoms with van der Waals surface area (Å²) in [4.78, 5) is 27.9. The molecule has 13 heteroatoms. The van der Waals surface area contributed by atoms with E-state index in [2.05, 4.69) is 31.9 Å². The van der Waals surface area contributed by atoms with Gasteiger partial charge in [-0.05, 0) is 36.8 Å². The Kier molecular flexibility index (Phi) is 10.1. The first kappa shape index (κ1) is 30.0. The van der Waals surface area contributed by atoms with Gasteiger partial charge in [0.1, 0.15) is 11.6 Å². The number of halogens is 3. The fourth-order valence-electron chi connectivity index (χ4n) is 3.74. The second-order valence-electron chi connectivity index (χ2n) is 8.55. The van der Waals surface area contributed by atoms with Crippen molar-refractivity contribution in [1.29, 1.82) is 0 Å². The van der Waals surface area contributed by atoms with Crippen LogP contribution in [0.3, 0.4) is 0 Å². The molecule has 0 bridgehead atoms. The first-order chi connectivity index (χ1) is 19.0. The number of nitrogens with zero attached hydrogens (tertiary/aromatic N) is 2. The van der Waals surface area contributed by atoms with Gasteiger partial charge in [-0.15, -0.1) is 0 Å². The van der Waals surface area contributed by atoms with Gasteiger partial charge in [0.15, 0.2) is 0 Å². The van der Waals surface area contributed by atoms with Gasteiger partial charge in [0.25, 0.3) is 5.91 Å². The summed E-state index contributed by atoms with van der Waals surface area (Å²) in [6.07, 6.45) is -3.29. The van der Waals surface area contributed by atoms with E-state index in [1.807, 2.05) is 43.3 Å². The number of carboxylic acid groups (broad SMARTS) is 1. The molecule has 0 atom stereocenters. The maximum atomic E-state index is 12.2. The molecule has 214 valence electrons. The average Bonchev–Trinajstić information content (AvgIpc) is 2.95. The number of methoxy groups -OCH3 is 1. The number of carboxylic acids is 1. The van der Waals surface area contributed by atoms with Crippen molar-refractivity contribution < 1.29 is 37.3 Å². The molecular formula is C27H30F3N5O5. The third-order valence-electron chi connectivity index (χ3n) is 5.84. The van der Waals surface area contributed by atoms with Crippen LogP contribution in [0.1, 0.15) is 15.9 Å². The van der Waals surface area contributed by atoms with Crippen molar-refractivity contribution in [1.82, 2.24) is 10.3 Å². The summed E-state index contributed by atoms with van der Waals surface area (Å²) in [5.41, 5.74) is 5.04. The van der Waals surface area contributed by atoms with E-state index >= 15 is 0 Å². The molecule has 0 aliphatic carbocycles. The molecule has 0 unspecified atom stereocenters. The molecule has 1 aliphatic rings. The van der Waals surface area contributed by atoms with Crippen LogP contribution in [0, 0.1) is 6.92 Å². The molecule has 10 nitrogen and oxygen atoms in total. The number of morpholine rings is 1. The Balaban J connectivity index is 0.000000559. The number of ether oxygens (including phenoxy) is 2. The van der Waals surface area contributed by atoms with Crippen LogP contribution in [0.15, 0.2) is 54.7 Å². The Hall–Kier alpha value is -4.52. The number of hydrogen-bond donors (Lipinski definition) is 4. The molecular weight excluding hydrogens is 531 g/mol. The van der Waals surface area contributed by atoms with E-state index < -0.39 is 12.1 Å². The quantitative estimate of drug-likeness (QED) is 0.324. The minimum Gasteiger partial charge on any atom is -0.494 e. The maximum Gasteiger partial charge on any atom is 0.490 e. The normalized spacial score (nSPS) is 13.0. The molecule has 1 aromatic heterocycles. The van der Waals surface area contributed by atoms with Gasteiger partial charge in [-0.2, -0.15) is 13.2 Å². The van der Waals surface area contributed by atoms with Gasteiger partial charge in [-0.25, -0.2) is 9.78 Å². The Morgan fingerprint density at radius 2 is 1.70 bits per heavy atom. The van der Waals surface area contributed by atoms with Gasteiger partial charge in [-0.3, -0.25) is 4.79 Å². The van der Waals surface area contributed by atoms with Gasteiger partial charge in [-0.1, -0.05) is 12.1 Å². The van der Waals surface area contributed by atoms with E-state index in [1.54, 1.807) is 26.4 Å². The number of para-hydroxylation sites is 1. The Labute approximate surface area is 229 Å². The number of pyridine rings is 1. The molecule has 0 saturated carbocycles. The van der Waals surface area contributed by atoms with Crippen molar-refractivity contribution in [3.05, 3.63) is 65.9 Å². The standard InChI is InChI=1S/C25H29N5O3.C2HF3O2/c1-17-16-27-24(15-22(17)28-20-7-5-4-6-19(20)25(31)26-2)29-21-9-8-18(14-23(21)32-3)30-10-12-33-13-11-30;3-2(4,5)1(6)7/h4-9,14-16H,10-13H2,1-3H3,(H,26,31)(H2,27,28,29);(H,6,7). The number of alkyl halides is 3. The van der Waals surface area contributed by atoms with Crippen molar-refractivity contribution in [3.63, 3.8) is 0 Å². The number of anilines is 5. The summed E-state index contributed by atoms with van der Waals surface area (Å²) >= 11 is 0. The summed E-state index contributed by atoms with van der Waals surface area (Å²) in [6, 6.07) is 15.4. The summed E-state index contributed by atoms with van der Waals surface area (Å²) in [6.45, 7) is 5.16. The van der Waals surface area contributed by atoms with Gasteiger partial charge in [0.05, 0.1) is 37.3 Å². The van der Waals surface area contributed by atoms with Crippen molar-refractivity contribution in [2.45, 2.75) is 13.1 Å². The molecule has 1 aliphatic heterocycles. The SMILES string of the molecule is CNC(=O)c1ccccc1Nc1cc(Nc2ccc(N3CCOCC3)cc2OC)ncc1C.O=C(O)C(F)(F)F. The molecule has 40 heavy (non-hydrogen) atoms. The lowest BCUT2D eigenvalue weighted by atomic mass is 10.1. The number of aromatic nitrogens is 1. The Bertz CT molecular complexity index is 1330. The van der Waals surface area contributed by atoms with Crippen LogP contribution in [-0.2, 0) is 9.53 Å². The lowest BCUT2D eigenvalue weighted by molar-refractivity contribution is -0.192. The van der Waals surface area contributed by atoms with Crippen LogP contribution in [0.25, 0.3) is 0 Å². The minimum absolute atomic E-state index is 0.145. The number of benzene rings is 2. The number of hydrogen-bond acceptors (Lipinski definition) is 8. The van der Waals surface area contributed by atoms with Crippen LogP contribution in [-0.4, -0.2) is 68.6 Å². The lowest BCUT2D eigenvalue weighted by Gasteiger charge is -2.29. The van der Waals surface area contributed by atoms with Crippen LogP contribution < -0.4 is 25.6 Å². The highest BCUT2D eigenvalue weighted by Crippen LogP contribution is 2.33. The molecule has 2 heterocycles. The third-order valence-corrected chi connectivity index (χ3v) is 5.84. The zero-order valence-electron chi connectivity index (χ0n) is 22.1. The van der Waals surface area contributed by atoms with Crippen LogP contribution in [0.5, 0.6) is 5.75 Å². The Morgan fingerprint density at radius 1 is 1.02 bits per heavy atom. The van der Waals surface area contributed by atoms with Crippen molar-refractivity contribution in [3.8, 4) is 5.75 Å². The Morgan fingerprint density at radius 3 is 2.33 bits per heavy atom. The van der Waals surface area contributed by atoms with Gasteiger partial charge in [0.2, 0.25) is 0 Å². The van der Waals surface area contributed by atoms with E-state index in [0.717, 1.165) is 60.4 Å². The number of carbonyl (C=O) groups excluding carboxylic acids is 1. The van der Waals surface area contributed by atoms with Crippen LogP contribution >= 0.6 is 0 Å². The summed E-state index contributed by atoms with van der Waals surface area (Å²) in [5, 5.41) is 16.5. The average molecular weight is 562 g/mol. The highest BCUT2D eigenvalue weighted by atomic mass is 19.4. The van der Waals surface area contributed by atoms with Crippen molar-refractivity contribution in [2.75, 3.05) is 56.0 Å². The van der Waals surface area contributed by atoms with Gasteiger partial charge in [0, 0.05) is 49.8 Å². The lowest BCUT2D eigenvalue weighted by Crippen LogP contribution is -2.36. The zero-order valence-corrected chi connectivity index (χ0v) is 22.1. The predicted molar refractivity (Wildman–Crippen MR) is 145 cm³/mol. The molecule has 1 fully saturated rings. The summed E-state index contributed by atoms with van der Waals surface area (Å²) < 4.78 is 42.8. The topological polar surface area (TPSA) is 125 Å². The molecule has 0 radical (unpaired) electrons. The van der Waals surface area contributed by atoms with Gasteiger partial charge >= 0.3 is 12.1 Å². The van der Waals surface area contributed by atoms with E-state index in [0.29, 0.717) is 11.4 Å². The van der Waals surface area contributed by atoms with Crippen LogP contribution in [0.4, 0.5) is 41.7 Å². The minimum atomic E-state index is -5.08. The van der Waals surface area contributed by atoms with Crippen LogP contribution in [0.2, 0.25) is 0 Å². The van der Waals surface area contributed by atoms with E-state index in [-0.39, 0.29) is 5.91 Å². The molecule has 3 aromatic rings. The monoisotopic (exact) mass is 561 g/mol. The largest absolute Gasteiger partial charge is 0.494 e. The van der Waals surface area contributed by atoms with E-state index in [9.17, 15) is 18.0 Å². The zero-order chi connectivity index (χ0) is 29.3. The number of aryl methyl sites for hydroxylation is 1. The number of amides is 1. The summed E-state index contributed by atoms with van der Waals surface area (Å²) in [5.74, 6) is -1.50. The number of nitrogens with one attached hydrogen (secondary N) is 3. The first-order valence-electron chi connectivity index (χ1n) is 12.2.